The molecule has 0 radical (unpaired) electrons. The molecule has 2 atom stereocenters. The first-order valence-electron chi connectivity index (χ1n) is 12.2. The molecule has 1 aliphatic heterocycles. The van der Waals surface area contributed by atoms with Gasteiger partial charge in [0.15, 0.2) is 34.6 Å². The summed E-state index contributed by atoms with van der Waals surface area (Å²) in [5.41, 5.74) is 0.997. The Bertz CT molecular complexity index is 980. The molecule has 1 fully saturated rings. The first-order chi connectivity index (χ1) is 17.8. The van der Waals surface area contributed by atoms with Crippen LogP contribution < -0.4 is 28.4 Å². The van der Waals surface area contributed by atoms with Crippen molar-refractivity contribution in [2.24, 2.45) is 0 Å². The number of ether oxygens (including phenoxy) is 6. The van der Waals surface area contributed by atoms with Crippen LogP contribution in [0.2, 0.25) is 0 Å². The third-order valence-corrected chi connectivity index (χ3v) is 7.04. The summed E-state index contributed by atoms with van der Waals surface area (Å²) in [6.45, 7) is 0. The smallest absolute Gasteiger partial charge is 0.203 e. The van der Waals surface area contributed by atoms with Gasteiger partial charge >= 0.3 is 0 Å². The molecule has 0 aliphatic carbocycles. The molecule has 0 N–H and O–H groups in total. The molecule has 0 spiro atoms. The van der Waals surface area contributed by atoms with E-state index in [0.29, 0.717) is 58.5 Å². The first-order valence-corrected chi connectivity index (χ1v) is 12.2. The van der Waals surface area contributed by atoms with Crippen molar-refractivity contribution in [1.82, 2.24) is 4.90 Å². The summed E-state index contributed by atoms with van der Waals surface area (Å²) in [5, 5.41) is 0. The fraction of sp³-hybridized carbons (Fsp3) is 0.500. The van der Waals surface area contributed by atoms with Gasteiger partial charge in [-0.05, 0) is 44.2 Å². The van der Waals surface area contributed by atoms with Crippen molar-refractivity contribution in [1.29, 1.82) is 0 Å². The van der Waals surface area contributed by atoms with Crippen LogP contribution in [0.15, 0.2) is 24.3 Å². The number of Topliss-reactive ketones (excluding diaryl/α,β-unsaturated/α-hetero) is 2. The Kier molecular flexibility index (Phi) is 9.63. The first kappa shape index (κ1) is 28.1. The average molecular weight is 516 g/mol. The summed E-state index contributed by atoms with van der Waals surface area (Å²) in [6.07, 6.45) is 3.34. The lowest BCUT2D eigenvalue weighted by Crippen LogP contribution is -2.45. The lowest BCUT2D eigenvalue weighted by Gasteiger charge is -2.39. The number of hydrogen-bond acceptors (Lipinski definition) is 9. The second kappa shape index (κ2) is 12.7. The summed E-state index contributed by atoms with van der Waals surface area (Å²) in [6, 6.07) is 6.74. The van der Waals surface area contributed by atoms with Gasteiger partial charge < -0.3 is 28.4 Å². The number of carbonyl (C=O) groups excluding carboxylic acids is 2. The minimum Gasteiger partial charge on any atom is -0.493 e. The molecule has 1 saturated heterocycles. The van der Waals surface area contributed by atoms with E-state index in [2.05, 4.69) is 4.90 Å². The van der Waals surface area contributed by atoms with E-state index < -0.39 is 0 Å². The van der Waals surface area contributed by atoms with Gasteiger partial charge in [0, 0.05) is 36.1 Å². The van der Waals surface area contributed by atoms with Gasteiger partial charge in [-0.3, -0.25) is 14.5 Å². The molecule has 0 aromatic heterocycles. The highest BCUT2D eigenvalue weighted by Crippen LogP contribution is 2.40. The normalized spacial score (nSPS) is 17.6. The van der Waals surface area contributed by atoms with Crippen LogP contribution in [0.25, 0.3) is 0 Å². The molecule has 0 saturated carbocycles. The van der Waals surface area contributed by atoms with Crippen LogP contribution in [0, 0.1) is 0 Å². The number of benzene rings is 2. The van der Waals surface area contributed by atoms with Crippen LogP contribution in [-0.4, -0.2) is 78.3 Å². The largest absolute Gasteiger partial charge is 0.493 e. The van der Waals surface area contributed by atoms with Crippen molar-refractivity contribution < 1.29 is 38.0 Å². The molecule has 0 amide bonds. The van der Waals surface area contributed by atoms with E-state index in [-0.39, 0.29) is 23.7 Å². The van der Waals surface area contributed by atoms with Gasteiger partial charge in [0.05, 0.1) is 42.7 Å². The number of piperidine rings is 1. The molecule has 9 heteroatoms. The number of carbonyl (C=O) groups is 2. The number of rotatable bonds is 12. The van der Waals surface area contributed by atoms with Crippen molar-refractivity contribution in [2.75, 3.05) is 49.7 Å². The van der Waals surface area contributed by atoms with Crippen molar-refractivity contribution in [2.45, 2.75) is 44.2 Å². The minimum atomic E-state index is -0.0206. The molecule has 0 bridgehead atoms. The predicted octanol–water partition coefficient (Wildman–Crippen LogP) is 4.44. The zero-order valence-electron chi connectivity index (χ0n) is 22.7. The standard InChI is InChI=1S/C28H37NO8/c1-29-19(15-21(30)17-11-23(32-2)27(36-6)24(12-17)33-3)9-8-10-20(29)16-22(31)18-13-25(34-4)28(37-7)26(14-18)35-5/h11-14,19-20H,8-10,15-16H2,1-7H3/t19-,20+. The lowest BCUT2D eigenvalue weighted by molar-refractivity contribution is 0.0723. The van der Waals surface area contributed by atoms with Crippen LogP contribution in [0.4, 0.5) is 0 Å². The number of nitrogens with zero attached hydrogens (tertiary/aromatic N) is 1. The van der Waals surface area contributed by atoms with Crippen molar-refractivity contribution in [3.63, 3.8) is 0 Å². The minimum absolute atomic E-state index is 0.0121. The average Bonchev–Trinajstić information content (AvgIpc) is 2.92. The number of hydrogen-bond donors (Lipinski definition) is 0. The number of methoxy groups -OCH3 is 6. The second-order valence-electron chi connectivity index (χ2n) is 8.99. The van der Waals surface area contributed by atoms with E-state index in [1.807, 2.05) is 7.05 Å². The molecule has 2 aromatic carbocycles. The summed E-state index contributed by atoms with van der Waals surface area (Å²) >= 11 is 0. The molecular formula is C28H37NO8. The highest BCUT2D eigenvalue weighted by atomic mass is 16.5. The highest BCUT2D eigenvalue weighted by Gasteiger charge is 2.32. The topological polar surface area (TPSA) is 92.8 Å². The Balaban J connectivity index is 1.74. The molecule has 0 unspecified atom stereocenters. The highest BCUT2D eigenvalue weighted by molar-refractivity contribution is 5.98. The third kappa shape index (κ3) is 6.10. The predicted molar refractivity (Wildman–Crippen MR) is 139 cm³/mol. The fourth-order valence-corrected chi connectivity index (χ4v) is 4.93. The Morgan fingerprint density at radius 3 is 1.24 bits per heavy atom. The molecule has 1 heterocycles. The number of likely N-dealkylation sites (tertiary alicyclic amines) is 1. The van der Waals surface area contributed by atoms with Crippen LogP contribution in [0.5, 0.6) is 34.5 Å². The quantitative estimate of drug-likeness (QED) is 0.381. The molecule has 1 aliphatic rings. The Labute approximate surface area is 218 Å². The van der Waals surface area contributed by atoms with Gasteiger partial charge in [0.2, 0.25) is 11.5 Å². The monoisotopic (exact) mass is 515 g/mol. The van der Waals surface area contributed by atoms with Gasteiger partial charge in [-0.1, -0.05) is 6.42 Å². The van der Waals surface area contributed by atoms with E-state index >= 15 is 0 Å². The van der Waals surface area contributed by atoms with E-state index in [0.717, 1.165) is 19.3 Å². The van der Waals surface area contributed by atoms with Gasteiger partial charge in [0.25, 0.3) is 0 Å². The zero-order chi connectivity index (χ0) is 27.1. The second-order valence-corrected chi connectivity index (χ2v) is 8.99. The van der Waals surface area contributed by atoms with Gasteiger partial charge in [-0.15, -0.1) is 0 Å². The Morgan fingerprint density at radius 2 is 0.973 bits per heavy atom. The zero-order valence-corrected chi connectivity index (χ0v) is 22.7. The fourth-order valence-electron chi connectivity index (χ4n) is 4.93. The van der Waals surface area contributed by atoms with Crippen molar-refractivity contribution in [3.05, 3.63) is 35.4 Å². The molecular weight excluding hydrogens is 478 g/mol. The summed E-state index contributed by atoms with van der Waals surface area (Å²) in [4.78, 5) is 28.7. The van der Waals surface area contributed by atoms with Gasteiger partial charge in [0.1, 0.15) is 0 Å². The molecule has 202 valence electrons. The maximum absolute atomic E-state index is 13.3. The SMILES string of the molecule is COc1cc(C(=O)C[C@H]2CCC[C@@H](CC(=O)c3cc(OC)c(OC)c(OC)c3)N2C)cc(OC)c1OC. The van der Waals surface area contributed by atoms with Crippen LogP contribution in [0.1, 0.15) is 52.8 Å². The van der Waals surface area contributed by atoms with Crippen LogP contribution in [0.3, 0.4) is 0 Å². The molecule has 9 nitrogen and oxygen atoms in total. The van der Waals surface area contributed by atoms with Crippen LogP contribution >= 0.6 is 0 Å². The molecule has 37 heavy (non-hydrogen) atoms. The van der Waals surface area contributed by atoms with Crippen molar-refractivity contribution in [3.8, 4) is 34.5 Å². The van der Waals surface area contributed by atoms with E-state index in [4.69, 9.17) is 28.4 Å². The molecule has 2 aromatic rings. The van der Waals surface area contributed by atoms with Gasteiger partial charge in [-0.2, -0.15) is 0 Å². The number of ketones is 2. The Hall–Kier alpha value is -3.46. The Morgan fingerprint density at radius 1 is 0.649 bits per heavy atom. The lowest BCUT2D eigenvalue weighted by atomic mass is 9.88. The maximum atomic E-state index is 13.3. The third-order valence-electron chi connectivity index (χ3n) is 7.04. The summed E-state index contributed by atoms with van der Waals surface area (Å²) < 4.78 is 32.3. The molecule has 3 rings (SSSR count). The van der Waals surface area contributed by atoms with Crippen molar-refractivity contribution >= 4 is 11.6 Å². The maximum Gasteiger partial charge on any atom is 0.203 e. The van der Waals surface area contributed by atoms with Crippen LogP contribution in [-0.2, 0) is 0 Å². The van der Waals surface area contributed by atoms with E-state index in [9.17, 15) is 9.59 Å². The van der Waals surface area contributed by atoms with Gasteiger partial charge in [-0.25, -0.2) is 0 Å². The van der Waals surface area contributed by atoms with E-state index in [1.54, 1.807) is 24.3 Å². The van der Waals surface area contributed by atoms with E-state index in [1.165, 1.54) is 42.7 Å². The summed E-state index contributed by atoms with van der Waals surface area (Å²) in [5.74, 6) is 2.61. The summed E-state index contributed by atoms with van der Waals surface area (Å²) in [7, 11) is 11.1.